The molecule has 0 radical (unpaired) electrons. The van der Waals surface area contributed by atoms with Crippen molar-refractivity contribution in [2.75, 3.05) is 26.4 Å². The van der Waals surface area contributed by atoms with E-state index in [1.807, 2.05) is 12.1 Å². The molecule has 4 aromatic carbocycles. The van der Waals surface area contributed by atoms with Gasteiger partial charge in [-0.05, 0) is 84.1 Å². The summed E-state index contributed by atoms with van der Waals surface area (Å²) in [5.74, 6) is -3.07. The molecular formula is C34H32O12. The Morgan fingerprint density at radius 3 is 1.65 bits per heavy atom. The Hall–Kier alpha value is -5.43. The number of rotatable bonds is 17. The highest BCUT2D eigenvalue weighted by Gasteiger charge is 2.19. The van der Waals surface area contributed by atoms with Crippen LogP contribution in [0.5, 0.6) is 23.0 Å². The molecule has 12 heteroatoms. The van der Waals surface area contributed by atoms with E-state index in [1.54, 1.807) is 36.4 Å². The summed E-state index contributed by atoms with van der Waals surface area (Å²) in [7, 11) is 0. The number of carboxylic acid groups (broad SMARTS) is 2. The molecule has 46 heavy (non-hydrogen) atoms. The minimum absolute atomic E-state index is 0.0645. The maximum Gasteiger partial charge on any atom is 0.344 e. The average molecular weight is 633 g/mol. The Labute approximate surface area is 263 Å². The van der Waals surface area contributed by atoms with Crippen LogP contribution in [-0.4, -0.2) is 64.8 Å². The van der Waals surface area contributed by atoms with Crippen molar-refractivity contribution in [3.63, 3.8) is 0 Å². The third kappa shape index (κ3) is 10.1. The number of aromatic carboxylic acids is 2. The molecule has 4 N–H and O–H groups in total. The summed E-state index contributed by atoms with van der Waals surface area (Å²) in [6.45, 7) is 1.70. The summed E-state index contributed by atoms with van der Waals surface area (Å²) in [6, 6.07) is 21.4. The van der Waals surface area contributed by atoms with Crippen LogP contribution in [0.2, 0.25) is 0 Å². The van der Waals surface area contributed by atoms with Crippen molar-refractivity contribution >= 4 is 17.9 Å². The number of benzene rings is 4. The third-order valence-corrected chi connectivity index (χ3v) is 6.65. The van der Waals surface area contributed by atoms with E-state index in [0.717, 1.165) is 23.3 Å². The van der Waals surface area contributed by atoms with Crippen LogP contribution in [0, 0.1) is 0 Å². The molecule has 0 unspecified atom stereocenters. The standard InChI is InChI=1S/C34H32O12/c35-25-6-5-24(30(19-25)32(37)38)21-44-46-28-10-3-23(4-11-28)14-16-43-18-17-42-15-13-22-1-8-27(9-2-22)45-34(41)29-12-7-26(36)20-31(29)33(39)40/h1-12,19-20,35-36H,13-18,21H2,(H,37,38)(H,39,40). The monoisotopic (exact) mass is 632 g/mol. The first kappa shape index (κ1) is 33.5. The van der Waals surface area contributed by atoms with E-state index in [2.05, 4.69) is 0 Å². The molecule has 0 saturated carbocycles. The van der Waals surface area contributed by atoms with Crippen LogP contribution in [0.15, 0.2) is 84.9 Å². The molecule has 0 bridgehead atoms. The molecule has 12 nitrogen and oxygen atoms in total. The van der Waals surface area contributed by atoms with Gasteiger partial charge in [-0.25, -0.2) is 14.4 Å². The number of ether oxygens (including phenoxy) is 3. The Kier molecular flexibility index (Phi) is 12.1. The number of aromatic hydroxyl groups is 2. The number of carboxylic acids is 2. The number of phenols is 2. The number of esters is 1. The second-order valence-corrected chi connectivity index (χ2v) is 9.93. The van der Waals surface area contributed by atoms with Gasteiger partial charge in [0.05, 0.1) is 43.1 Å². The molecule has 0 fully saturated rings. The number of hydrogen-bond acceptors (Lipinski definition) is 10. The van der Waals surface area contributed by atoms with E-state index in [1.165, 1.54) is 24.3 Å². The fourth-order valence-corrected chi connectivity index (χ4v) is 4.24. The molecule has 0 aliphatic rings. The molecule has 0 aliphatic heterocycles. The van der Waals surface area contributed by atoms with Crippen molar-refractivity contribution in [1.82, 2.24) is 0 Å². The van der Waals surface area contributed by atoms with Crippen LogP contribution in [0.25, 0.3) is 0 Å². The van der Waals surface area contributed by atoms with Gasteiger partial charge in [-0.3, -0.25) is 0 Å². The largest absolute Gasteiger partial charge is 0.508 e. The highest BCUT2D eigenvalue weighted by Crippen LogP contribution is 2.21. The molecule has 4 rings (SSSR count). The zero-order valence-electron chi connectivity index (χ0n) is 24.6. The minimum Gasteiger partial charge on any atom is -0.508 e. The third-order valence-electron chi connectivity index (χ3n) is 6.65. The van der Waals surface area contributed by atoms with Crippen LogP contribution in [0.3, 0.4) is 0 Å². The van der Waals surface area contributed by atoms with Gasteiger partial charge in [0.1, 0.15) is 23.9 Å². The van der Waals surface area contributed by atoms with Gasteiger partial charge in [0.15, 0.2) is 5.75 Å². The summed E-state index contributed by atoms with van der Waals surface area (Å²) in [6.07, 6.45) is 1.31. The van der Waals surface area contributed by atoms with Crippen LogP contribution in [-0.2, 0) is 33.8 Å². The number of phenolic OH excluding ortho intramolecular Hbond substituents is 2. The first-order chi connectivity index (χ1) is 22.2. The van der Waals surface area contributed by atoms with Gasteiger partial charge < -0.3 is 39.5 Å². The molecule has 0 atom stereocenters. The summed E-state index contributed by atoms with van der Waals surface area (Å²) in [5.41, 5.74) is 1.77. The first-order valence-electron chi connectivity index (χ1n) is 14.2. The van der Waals surface area contributed by atoms with Crippen molar-refractivity contribution < 1.29 is 58.8 Å². The highest BCUT2D eigenvalue weighted by atomic mass is 17.2. The van der Waals surface area contributed by atoms with Gasteiger partial charge in [-0.1, -0.05) is 30.3 Å². The van der Waals surface area contributed by atoms with Crippen LogP contribution in [0.4, 0.5) is 0 Å². The smallest absolute Gasteiger partial charge is 0.344 e. The SMILES string of the molecule is O=C(O)c1cc(O)ccc1COOc1ccc(CCOCCOCCc2ccc(OC(=O)c3ccc(O)cc3C(=O)O)cc2)cc1. The Morgan fingerprint density at radius 1 is 0.565 bits per heavy atom. The summed E-state index contributed by atoms with van der Waals surface area (Å²) < 4.78 is 16.6. The molecule has 0 amide bonds. The lowest BCUT2D eigenvalue weighted by molar-refractivity contribution is -0.217. The lowest BCUT2D eigenvalue weighted by atomic mass is 10.1. The van der Waals surface area contributed by atoms with Gasteiger partial charge in [0, 0.05) is 0 Å². The molecule has 0 heterocycles. The van der Waals surface area contributed by atoms with Crippen molar-refractivity contribution in [3.8, 4) is 23.0 Å². The van der Waals surface area contributed by atoms with E-state index >= 15 is 0 Å². The predicted molar refractivity (Wildman–Crippen MR) is 162 cm³/mol. The average Bonchev–Trinajstić information content (AvgIpc) is 3.04. The van der Waals surface area contributed by atoms with Gasteiger partial charge in [-0.2, -0.15) is 4.89 Å². The number of carbonyl (C=O) groups is 3. The van der Waals surface area contributed by atoms with Crippen molar-refractivity contribution in [3.05, 3.63) is 118 Å². The first-order valence-corrected chi connectivity index (χ1v) is 14.2. The Balaban J connectivity index is 1.07. The quantitative estimate of drug-likeness (QED) is 0.0401. The highest BCUT2D eigenvalue weighted by molar-refractivity contribution is 6.03. The van der Waals surface area contributed by atoms with Gasteiger partial charge in [0.25, 0.3) is 0 Å². The molecule has 4 aromatic rings. The Morgan fingerprint density at radius 2 is 1.09 bits per heavy atom. The molecule has 0 aromatic heterocycles. The van der Waals surface area contributed by atoms with E-state index in [9.17, 15) is 34.8 Å². The second-order valence-electron chi connectivity index (χ2n) is 9.93. The molecule has 240 valence electrons. The molecular weight excluding hydrogens is 600 g/mol. The lowest BCUT2D eigenvalue weighted by Crippen LogP contribution is -2.14. The molecule has 0 saturated heterocycles. The van der Waals surface area contributed by atoms with E-state index < -0.39 is 17.9 Å². The van der Waals surface area contributed by atoms with Crippen molar-refractivity contribution in [2.24, 2.45) is 0 Å². The lowest BCUT2D eigenvalue weighted by Gasteiger charge is -2.09. The summed E-state index contributed by atoms with van der Waals surface area (Å²) >= 11 is 0. The van der Waals surface area contributed by atoms with Gasteiger partial charge in [0.2, 0.25) is 0 Å². The number of carbonyl (C=O) groups excluding carboxylic acids is 1. The van der Waals surface area contributed by atoms with Crippen molar-refractivity contribution in [2.45, 2.75) is 19.4 Å². The van der Waals surface area contributed by atoms with Crippen LogP contribution >= 0.6 is 0 Å². The second kappa shape index (κ2) is 16.6. The minimum atomic E-state index is -1.35. The number of hydrogen-bond donors (Lipinski definition) is 4. The summed E-state index contributed by atoms with van der Waals surface area (Å²) in [4.78, 5) is 45.5. The topological polar surface area (TPSA) is 178 Å². The van der Waals surface area contributed by atoms with Gasteiger partial charge >= 0.3 is 17.9 Å². The normalized spacial score (nSPS) is 10.8. The zero-order valence-corrected chi connectivity index (χ0v) is 24.6. The molecule has 0 aliphatic carbocycles. The molecule has 0 spiro atoms. The van der Waals surface area contributed by atoms with Crippen molar-refractivity contribution in [1.29, 1.82) is 0 Å². The zero-order chi connectivity index (χ0) is 32.9. The fraction of sp³-hybridized carbons (Fsp3) is 0.206. The van der Waals surface area contributed by atoms with E-state index in [-0.39, 0.29) is 40.5 Å². The van der Waals surface area contributed by atoms with Crippen LogP contribution in [0.1, 0.15) is 47.8 Å². The maximum atomic E-state index is 12.4. The van der Waals surface area contributed by atoms with Gasteiger partial charge in [-0.15, -0.1) is 0 Å². The van der Waals surface area contributed by atoms with E-state index in [0.29, 0.717) is 50.6 Å². The fourth-order valence-electron chi connectivity index (χ4n) is 4.24. The summed E-state index contributed by atoms with van der Waals surface area (Å²) in [5, 5.41) is 37.5. The predicted octanol–water partition coefficient (Wildman–Crippen LogP) is 5.04. The van der Waals surface area contributed by atoms with E-state index in [4.69, 9.17) is 24.0 Å². The van der Waals surface area contributed by atoms with Crippen LogP contribution < -0.4 is 9.62 Å². The maximum absolute atomic E-state index is 12.4. The Bertz CT molecular complexity index is 1630.